The highest BCUT2D eigenvalue weighted by Crippen LogP contribution is 2.07. The highest BCUT2D eigenvalue weighted by Gasteiger charge is 2.15. The average Bonchev–Trinajstić information content (AvgIpc) is 2.46. The van der Waals surface area contributed by atoms with Gasteiger partial charge in [-0.1, -0.05) is 0 Å². The lowest BCUT2D eigenvalue weighted by Crippen LogP contribution is -2.24. The summed E-state index contributed by atoms with van der Waals surface area (Å²) in [5.41, 5.74) is -0.466. The number of rotatable bonds is 15. The molecule has 0 radical (unpaired) electrons. The Morgan fingerprint density at radius 1 is 0.826 bits per heavy atom. The van der Waals surface area contributed by atoms with Crippen molar-refractivity contribution in [1.82, 2.24) is 0 Å². The molecule has 0 aliphatic rings. The van der Waals surface area contributed by atoms with Crippen LogP contribution in [0.25, 0.3) is 0 Å². The smallest absolute Gasteiger partial charge is 0.308 e. The maximum atomic E-state index is 11.4. The normalized spacial score (nSPS) is 11.3. The minimum atomic E-state index is -0.466. The Hall–Kier alpha value is -1.22. The van der Waals surface area contributed by atoms with Crippen LogP contribution in [0.15, 0.2) is 0 Å². The molecular formula is C15H28O8. The predicted molar refractivity (Wildman–Crippen MR) is 80.9 cm³/mol. The second-order valence-electron chi connectivity index (χ2n) is 5.46. The quantitative estimate of drug-likeness (QED) is 0.189. The lowest BCUT2D eigenvalue weighted by molar-refractivity contribution is -0.156. The van der Waals surface area contributed by atoms with E-state index in [0.717, 1.165) is 0 Å². The van der Waals surface area contributed by atoms with Crippen molar-refractivity contribution in [2.45, 2.75) is 32.8 Å². The first kappa shape index (κ1) is 21.8. The number of hydrogen-bond donors (Lipinski definition) is 0. The van der Waals surface area contributed by atoms with Crippen LogP contribution in [-0.4, -0.2) is 71.1 Å². The van der Waals surface area contributed by atoms with E-state index in [0.29, 0.717) is 52.7 Å². The van der Waals surface area contributed by atoms with E-state index in [1.54, 1.807) is 0 Å². The number of esters is 1. The molecule has 0 aromatic heterocycles. The molecule has 8 heteroatoms. The fourth-order valence-electron chi connectivity index (χ4n) is 1.34. The highest BCUT2D eigenvalue weighted by molar-refractivity contribution is 5.69. The van der Waals surface area contributed by atoms with E-state index < -0.39 is 5.60 Å². The molecule has 0 heterocycles. The van der Waals surface area contributed by atoms with Gasteiger partial charge in [-0.3, -0.25) is 9.59 Å². The van der Waals surface area contributed by atoms with Crippen LogP contribution < -0.4 is 0 Å². The predicted octanol–water partition coefficient (Wildman–Crippen LogP) is 0.915. The fourth-order valence-corrected chi connectivity index (χ4v) is 1.34. The van der Waals surface area contributed by atoms with Gasteiger partial charge in [-0.25, -0.2) is 0 Å². The van der Waals surface area contributed by atoms with Crippen molar-refractivity contribution >= 4 is 12.4 Å². The molecule has 136 valence electrons. The van der Waals surface area contributed by atoms with Crippen molar-refractivity contribution in [2.75, 3.05) is 53.0 Å². The molecule has 0 aromatic rings. The molecule has 8 nitrogen and oxygen atoms in total. The highest BCUT2D eigenvalue weighted by atomic mass is 16.7. The third-order valence-corrected chi connectivity index (χ3v) is 2.21. The van der Waals surface area contributed by atoms with Crippen LogP contribution in [0.4, 0.5) is 0 Å². The van der Waals surface area contributed by atoms with Gasteiger partial charge in [0.2, 0.25) is 0 Å². The van der Waals surface area contributed by atoms with Crippen molar-refractivity contribution in [2.24, 2.45) is 0 Å². The van der Waals surface area contributed by atoms with Gasteiger partial charge in [0.1, 0.15) is 5.60 Å². The standard InChI is InChI=1S/C15H28O8/c1-15(2,3)23-14(17)4-5-18-6-7-19-8-9-20-10-11-21-13-22-12-16/h12H,4-11,13H2,1-3H3. The zero-order valence-corrected chi connectivity index (χ0v) is 14.2. The molecule has 0 fully saturated rings. The molecule has 0 rings (SSSR count). The summed E-state index contributed by atoms with van der Waals surface area (Å²) in [5, 5.41) is 0. The van der Waals surface area contributed by atoms with Crippen molar-refractivity contribution < 1.29 is 38.0 Å². The summed E-state index contributed by atoms with van der Waals surface area (Å²) >= 11 is 0. The van der Waals surface area contributed by atoms with Gasteiger partial charge in [-0.05, 0) is 20.8 Å². The Kier molecular flexibility index (Phi) is 13.6. The van der Waals surface area contributed by atoms with Gasteiger partial charge >= 0.3 is 5.97 Å². The van der Waals surface area contributed by atoms with E-state index in [-0.39, 0.29) is 19.2 Å². The van der Waals surface area contributed by atoms with Crippen LogP contribution >= 0.6 is 0 Å². The van der Waals surface area contributed by atoms with E-state index >= 15 is 0 Å². The second kappa shape index (κ2) is 14.4. The molecule has 0 aliphatic carbocycles. The zero-order valence-electron chi connectivity index (χ0n) is 14.2. The second-order valence-corrected chi connectivity index (χ2v) is 5.46. The van der Waals surface area contributed by atoms with Gasteiger partial charge in [0.15, 0.2) is 6.79 Å². The van der Waals surface area contributed by atoms with Crippen molar-refractivity contribution in [3.8, 4) is 0 Å². The molecule has 0 saturated carbocycles. The van der Waals surface area contributed by atoms with Gasteiger partial charge in [0, 0.05) is 0 Å². The fraction of sp³-hybridized carbons (Fsp3) is 0.867. The topological polar surface area (TPSA) is 89.5 Å². The third-order valence-electron chi connectivity index (χ3n) is 2.21. The number of carbonyl (C=O) groups is 2. The summed E-state index contributed by atoms with van der Waals surface area (Å²) in [6, 6.07) is 0. The molecule has 0 aliphatic heterocycles. The minimum Gasteiger partial charge on any atom is -0.460 e. The summed E-state index contributed by atoms with van der Waals surface area (Å²) in [5.74, 6) is -0.271. The number of carbonyl (C=O) groups excluding carboxylic acids is 2. The molecule has 0 aromatic carbocycles. The molecule has 0 amide bonds. The van der Waals surface area contributed by atoms with Gasteiger partial charge in [0.25, 0.3) is 6.47 Å². The lowest BCUT2D eigenvalue weighted by Gasteiger charge is -2.19. The van der Waals surface area contributed by atoms with Crippen LogP contribution in [0.1, 0.15) is 27.2 Å². The Labute approximate surface area is 137 Å². The van der Waals surface area contributed by atoms with Crippen LogP contribution in [0.2, 0.25) is 0 Å². The summed E-state index contributed by atoms with van der Waals surface area (Å²) < 4.78 is 30.2. The summed E-state index contributed by atoms with van der Waals surface area (Å²) in [6.45, 7) is 8.53. The molecule has 23 heavy (non-hydrogen) atoms. The zero-order chi connectivity index (χ0) is 17.4. The van der Waals surface area contributed by atoms with Crippen LogP contribution in [0.5, 0.6) is 0 Å². The summed E-state index contributed by atoms with van der Waals surface area (Å²) in [4.78, 5) is 21.2. The molecule has 0 bridgehead atoms. The van der Waals surface area contributed by atoms with Gasteiger partial charge in [0.05, 0.1) is 52.7 Å². The molecular weight excluding hydrogens is 308 g/mol. The molecule has 0 saturated heterocycles. The van der Waals surface area contributed by atoms with Gasteiger partial charge < -0.3 is 28.4 Å². The summed E-state index contributed by atoms with van der Waals surface area (Å²) in [6.07, 6.45) is 0.230. The van der Waals surface area contributed by atoms with E-state index in [2.05, 4.69) is 4.74 Å². The van der Waals surface area contributed by atoms with Crippen LogP contribution in [-0.2, 0) is 38.0 Å². The molecule has 0 spiro atoms. The van der Waals surface area contributed by atoms with Crippen LogP contribution in [0, 0.1) is 0 Å². The van der Waals surface area contributed by atoms with Gasteiger partial charge in [-0.2, -0.15) is 0 Å². The van der Waals surface area contributed by atoms with Crippen molar-refractivity contribution in [1.29, 1.82) is 0 Å². The monoisotopic (exact) mass is 336 g/mol. The summed E-state index contributed by atoms with van der Waals surface area (Å²) in [7, 11) is 0. The first-order valence-electron chi connectivity index (χ1n) is 7.54. The first-order chi connectivity index (χ1) is 11.0. The largest absolute Gasteiger partial charge is 0.460 e. The Bertz CT molecular complexity index is 300. The van der Waals surface area contributed by atoms with E-state index in [1.165, 1.54) is 0 Å². The van der Waals surface area contributed by atoms with Gasteiger partial charge in [-0.15, -0.1) is 0 Å². The SMILES string of the molecule is CC(C)(C)OC(=O)CCOCCOCCOCCOCOC=O. The number of ether oxygens (including phenoxy) is 6. The molecule has 0 atom stereocenters. The van der Waals surface area contributed by atoms with Crippen molar-refractivity contribution in [3.63, 3.8) is 0 Å². The maximum Gasteiger partial charge on any atom is 0.308 e. The Balaban J connectivity index is 3.16. The van der Waals surface area contributed by atoms with E-state index in [9.17, 15) is 9.59 Å². The minimum absolute atomic E-state index is 0.0655. The average molecular weight is 336 g/mol. The van der Waals surface area contributed by atoms with E-state index in [4.69, 9.17) is 23.7 Å². The molecule has 0 N–H and O–H groups in total. The molecule has 0 unspecified atom stereocenters. The Morgan fingerprint density at radius 3 is 1.78 bits per heavy atom. The van der Waals surface area contributed by atoms with Crippen LogP contribution in [0.3, 0.4) is 0 Å². The van der Waals surface area contributed by atoms with Crippen molar-refractivity contribution in [3.05, 3.63) is 0 Å². The van der Waals surface area contributed by atoms with E-state index in [1.807, 2.05) is 20.8 Å². The Morgan fingerprint density at radius 2 is 1.30 bits per heavy atom. The first-order valence-corrected chi connectivity index (χ1v) is 7.54. The maximum absolute atomic E-state index is 11.4. The number of hydrogen-bond acceptors (Lipinski definition) is 8. The third kappa shape index (κ3) is 18.7. The lowest BCUT2D eigenvalue weighted by atomic mass is 10.2.